The van der Waals surface area contributed by atoms with Crippen molar-refractivity contribution in [2.45, 2.75) is 9.79 Å². The first-order valence-corrected chi connectivity index (χ1v) is 18.8. The van der Waals surface area contributed by atoms with Gasteiger partial charge in [-0.15, -0.1) is 0 Å². The van der Waals surface area contributed by atoms with Gasteiger partial charge in [-0.2, -0.15) is 46.7 Å². The largest absolute Gasteiger partial charge is 0.378 e. The molecule has 22 heteroatoms. The zero-order chi connectivity index (χ0) is 36.9. The fourth-order valence-corrected chi connectivity index (χ4v) is 6.68. The SMILES string of the molecule is CNc1nc(Nc2ccc(/C=C/c3ccc(Nc4nc(NC)nc(N5CCOCC5)n4)cc3S(=O)(=O)O)c(S(=O)(=O)O)c2)nc(N2CCOCC2)n1. The van der Waals surface area contributed by atoms with Crippen LogP contribution in [0, 0.1) is 0 Å². The first kappa shape index (κ1) is 36.5. The van der Waals surface area contributed by atoms with Crippen LogP contribution >= 0.6 is 0 Å². The van der Waals surface area contributed by atoms with Crippen LogP contribution in [0.5, 0.6) is 0 Å². The smallest absolute Gasteiger partial charge is 0.295 e. The lowest BCUT2D eigenvalue weighted by Crippen LogP contribution is -2.37. The standard InChI is InChI=1S/C30H36N12O8S2/c1-31-25-35-27(39-29(37-25)41-9-13-49-14-10-41)33-21-7-5-19(23(17-21)51(43,44)45)3-4-20-6-8-22(18-24(20)52(46,47)48)34-28-36-26(32-2)38-30(40-28)42-11-15-50-16-12-42/h3-8,17-18H,9-16H2,1-2H3,(H,43,44,45)(H,46,47,48)(H2,31,33,35,37,39)(H2,32,34,36,38,40)/b4-3+. The zero-order valence-electron chi connectivity index (χ0n) is 28.0. The van der Waals surface area contributed by atoms with Crippen molar-refractivity contribution in [1.29, 1.82) is 0 Å². The summed E-state index contributed by atoms with van der Waals surface area (Å²) >= 11 is 0. The average molecular weight is 757 g/mol. The van der Waals surface area contributed by atoms with Gasteiger partial charge < -0.3 is 40.5 Å². The molecule has 2 fully saturated rings. The van der Waals surface area contributed by atoms with E-state index in [2.05, 4.69) is 51.2 Å². The van der Waals surface area contributed by atoms with Gasteiger partial charge in [0, 0.05) is 51.6 Å². The highest BCUT2D eigenvalue weighted by Gasteiger charge is 2.21. The molecule has 0 aliphatic carbocycles. The zero-order valence-corrected chi connectivity index (χ0v) is 29.6. The molecule has 0 spiro atoms. The van der Waals surface area contributed by atoms with Gasteiger partial charge in [-0.3, -0.25) is 9.11 Å². The van der Waals surface area contributed by atoms with Gasteiger partial charge in [0.25, 0.3) is 20.2 Å². The maximum Gasteiger partial charge on any atom is 0.295 e. The molecule has 2 aromatic heterocycles. The molecule has 0 radical (unpaired) electrons. The Balaban J connectivity index is 1.27. The molecule has 4 heterocycles. The molecule has 2 aliphatic heterocycles. The summed E-state index contributed by atoms with van der Waals surface area (Å²) in [6, 6.07) is 8.23. The number of hydrogen-bond acceptors (Lipinski definition) is 18. The van der Waals surface area contributed by atoms with E-state index < -0.39 is 30.0 Å². The van der Waals surface area contributed by atoms with Gasteiger partial charge in [0.15, 0.2) is 0 Å². The van der Waals surface area contributed by atoms with Crippen LogP contribution in [-0.4, -0.2) is 123 Å². The highest BCUT2D eigenvalue weighted by atomic mass is 32.2. The number of rotatable bonds is 12. The Morgan fingerprint density at radius 2 is 0.962 bits per heavy atom. The van der Waals surface area contributed by atoms with Crippen molar-refractivity contribution in [3.05, 3.63) is 47.5 Å². The third kappa shape index (κ3) is 8.96. The normalized spacial score (nSPS) is 15.5. The lowest BCUT2D eigenvalue weighted by Gasteiger charge is -2.27. The highest BCUT2D eigenvalue weighted by Crippen LogP contribution is 2.29. The minimum atomic E-state index is -4.78. The van der Waals surface area contributed by atoms with Gasteiger partial charge in [0.05, 0.1) is 26.4 Å². The monoisotopic (exact) mass is 756 g/mol. The van der Waals surface area contributed by atoms with Crippen molar-refractivity contribution in [2.24, 2.45) is 0 Å². The van der Waals surface area contributed by atoms with Gasteiger partial charge in [-0.1, -0.05) is 24.3 Å². The summed E-state index contributed by atoms with van der Waals surface area (Å²) in [5.41, 5.74) is 0.517. The van der Waals surface area contributed by atoms with E-state index in [-0.39, 0.29) is 46.3 Å². The van der Waals surface area contributed by atoms with Gasteiger partial charge >= 0.3 is 0 Å². The van der Waals surface area contributed by atoms with E-state index in [1.54, 1.807) is 14.1 Å². The summed E-state index contributed by atoms with van der Waals surface area (Å²) in [7, 11) is -6.26. The first-order chi connectivity index (χ1) is 24.9. The van der Waals surface area contributed by atoms with Crippen LogP contribution < -0.4 is 31.1 Å². The number of nitrogens with one attached hydrogen (secondary N) is 4. The molecule has 276 valence electrons. The maximum atomic E-state index is 12.5. The predicted octanol–water partition coefficient (Wildman–Crippen LogP) is 1.96. The molecule has 2 aliphatic rings. The molecule has 6 rings (SSSR count). The quantitative estimate of drug-likeness (QED) is 0.0892. The summed E-state index contributed by atoms with van der Waals surface area (Å²) in [5, 5.41) is 11.6. The first-order valence-electron chi connectivity index (χ1n) is 15.9. The molecule has 0 atom stereocenters. The molecule has 0 unspecified atom stereocenters. The van der Waals surface area contributed by atoms with Crippen molar-refractivity contribution < 1.29 is 35.4 Å². The lowest BCUT2D eigenvalue weighted by atomic mass is 10.1. The summed E-state index contributed by atoms with van der Waals surface area (Å²) in [5.74, 6) is 1.58. The van der Waals surface area contributed by atoms with Crippen LogP contribution in [-0.2, 0) is 29.7 Å². The van der Waals surface area contributed by atoms with Crippen molar-refractivity contribution >= 4 is 79.5 Å². The van der Waals surface area contributed by atoms with Gasteiger partial charge in [0.2, 0.25) is 35.7 Å². The van der Waals surface area contributed by atoms with Crippen molar-refractivity contribution in [2.75, 3.05) is 97.8 Å². The minimum Gasteiger partial charge on any atom is -0.378 e. The second kappa shape index (κ2) is 15.5. The van der Waals surface area contributed by atoms with Crippen LogP contribution in [0.2, 0.25) is 0 Å². The molecule has 2 saturated heterocycles. The van der Waals surface area contributed by atoms with Gasteiger partial charge in [-0.25, -0.2) is 0 Å². The topological polar surface area (TPSA) is 259 Å². The molecule has 0 amide bonds. The van der Waals surface area contributed by atoms with E-state index in [0.717, 1.165) is 0 Å². The average Bonchev–Trinajstić information content (AvgIpc) is 3.14. The number of ether oxygens (including phenoxy) is 2. The predicted molar refractivity (Wildman–Crippen MR) is 193 cm³/mol. The molecule has 2 aromatic carbocycles. The minimum absolute atomic E-state index is 0.0255. The van der Waals surface area contributed by atoms with E-state index >= 15 is 0 Å². The number of hydrogen-bond donors (Lipinski definition) is 6. The summed E-state index contributed by atoms with van der Waals surface area (Å²) in [4.78, 5) is 29.2. The summed E-state index contributed by atoms with van der Waals surface area (Å²) in [6.07, 6.45) is 2.59. The molecule has 4 aromatic rings. The summed E-state index contributed by atoms with van der Waals surface area (Å²) < 4.78 is 81.0. The number of benzene rings is 2. The maximum absolute atomic E-state index is 12.5. The molecule has 52 heavy (non-hydrogen) atoms. The van der Waals surface area contributed by atoms with Crippen LogP contribution in [0.4, 0.5) is 47.1 Å². The third-order valence-electron chi connectivity index (χ3n) is 7.82. The number of nitrogens with zero attached hydrogens (tertiary/aromatic N) is 8. The second-order valence-electron chi connectivity index (χ2n) is 11.3. The second-order valence-corrected chi connectivity index (χ2v) is 14.1. The van der Waals surface area contributed by atoms with Gasteiger partial charge in [0.1, 0.15) is 9.79 Å². The highest BCUT2D eigenvalue weighted by molar-refractivity contribution is 7.86. The number of aromatic nitrogens is 6. The third-order valence-corrected chi connectivity index (χ3v) is 9.64. The van der Waals surface area contributed by atoms with E-state index in [9.17, 15) is 25.9 Å². The van der Waals surface area contributed by atoms with Crippen LogP contribution in [0.25, 0.3) is 12.2 Å². The Morgan fingerprint density at radius 3 is 1.31 bits per heavy atom. The van der Waals surface area contributed by atoms with Crippen molar-refractivity contribution in [3.8, 4) is 0 Å². The fraction of sp³-hybridized carbons (Fsp3) is 0.333. The molecule has 0 saturated carbocycles. The summed E-state index contributed by atoms with van der Waals surface area (Å²) in [6.45, 7) is 4.35. The van der Waals surface area contributed by atoms with Crippen molar-refractivity contribution in [1.82, 2.24) is 29.9 Å². The Bertz CT molecular complexity index is 2030. The molecule has 0 bridgehead atoms. The van der Waals surface area contributed by atoms with E-state index in [1.165, 1.54) is 48.6 Å². The Morgan fingerprint density at radius 1 is 0.596 bits per heavy atom. The van der Waals surface area contributed by atoms with Crippen molar-refractivity contribution in [3.63, 3.8) is 0 Å². The van der Waals surface area contributed by atoms with E-state index in [1.807, 2.05) is 9.80 Å². The Labute approximate surface area is 299 Å². The van der Waals surface area contributed by atoms with E-state index in [4.69, 9.17) is 9.47 Å². The van der Waals surface area contributed by atoms with Crippen LogP contribution in [0.15, 0.2) is 46.2 Å². The Hall–Kier alpha value is -5.26. The fourth-order valence-electron chi connectivity index (χ4n) is 5.26. The molecule has 6 N–H and O–H groups in total. The molecular formula is C30H36N12O8S2. The van der Waals surface area contributed by atoms with Crippen LogP contribution in [0.3, 0.4) is 0 Å². The molecule has 20 nitrogen and oxygen atoms in total. The van der Waals surface area contributed by atoms with Crippen LogP contribution in [0.1, 0.15) is 11.1 Å². The number of morpholine rings is 2. The van der Waals surface area contributed by atoms with E-state index in [0.29, 0.717) is 64.5 Å². The van der Waals surface area contributed by atoms with Gasteiger partial charge in [-0.05, 0) is 35.4 Å². The lowest BCUT2D eigenvalue weighted by molar-refractivity contribution is 0.122. The molecular weight excluding hydrogens is 721 g/mol. The Kier molecular flexibility index (Phi) is 10.9. The number of anilines is 8.